The zero-order valence-corrected chi connectivity index (χ0v) is 26.0. The van der Waals surface area contributed by atoms with Gasteiger partial charge in [0.25, 0.3) is 0 Å². The second kappa shape index (κ2) is 16.1. The van der Waals surface area contributed by atoms with Gasteiger partial charge in [0, 0.05) is 22.1 Å². The lowest BCUT2D eigenvalue weighted by atomic mass is 10.0. The standard InChI is InChI=1S/C31H37NS5/c1-3-5-7-9-21-33-30-31(34-22-10-8-6-4-2)37-29(36-30)23-27-15-16-28(35-27)26-13-11-24(12-14-26)25-17-19-32-20-18-25/h11-20,23H,3-10,21-22H2,1-2H3. The van der Waals surface area contributed by atoms with E-state index in [2.05, 4.69) is 97.0 Å². The molecule has 196 valence electrons. The van der Waals surface area contributed by atoms with E-state index in [-0.39, 0.29) is 0 Å². The Hall–Kier alpha value is -1.05. The van der Waals surface area contributed by atoms with Gasteiger partial charge in [-0.2, -0.15) is 0 Å². The lowest BCUT2D eigenvalue weighted by molar-refractivity contribution is 0.707. The molecule has 0 atom stereocenters. The topological polar surface area (TPSA) is 12.9 Å². The summed E-state index contributed by atoms with van der Waals surface area (Å²) in [5.41, 5.74) is 3.72. The summed E-state index contributed by atoms with van der Waals surface area (Å²) in [5, 5.41) is 0. The highest BCUT2D eigenvalue weighted by molar-refractivity contribution is 8.40. The third kappa shape index (κ3) is 9.28. The van der Waals surface area contributed by atoms with Crippen molar-refractivity contribution >= 4 is 64.5 Å². The number of rotatable bonds is 15. The summed E-state index contributed by atoms with van der Waals surface area (Å²) in [6, 6.07) is 17.6. The first-order valence-electron chi connectivity index (χ1n) is 13.4. The molecule has 6 heteroatoms. The lowest BCUT2D eigenvalue weighted by Crippen LogP contribution is -1.83. The quantitative estimate of drug-likeness (QED) is 0.165. The van der Waals surface area contributed by atoms with E-state index in [1.165, 1.54) is 102 Å². The minimum Gasteiger partial charge on any atom is -0.265 e. The molecule has 0 fully saturated rings. The molecular formula is C31H37NS5. The van der Waals surface area contributed by atoms with Crippen molar-refractivity contribution in [3.05, 3.63) is 78.5 Å². The van der Waals surface area contributed by atoms with Crippen molar-refractivity contribution in [2.75, 3.05) is 11.5 Å². The molecule has 3 heterocycles. The molecular weight excluding hydrogens is 547 g/mol. The van der Waals surface area contributed by atoms with Gasteiger partial charge in [-0.3, -0.25) is 4.98 Å². The Labute approximate surface area is 244 Å². The van der Waals surface area contributed by atoms with Crippen LogP contribution in [0.4, 0.5) is 0 Å². The monoisotopic (exact) mass is 583 g/mol. The predicted molar refractivity (Wildman–Crippen MR) is 176 cm³/mol. The average Bonchev–Trinajstić information content (AvgIpc) is 3.56. The van der Waals surface area contributed by atoms with Gasteiger partial charge in [-0.25, -0.2) is 0 Å². The number of thiophene rings is 1. The largest absolute Gasteiger partial charge is 0.265 e. The second-order valence-electron chi connectivity index (χ2n) is 9.08. The molecule has 0 unspecified atom stereocenters. The second-order valence-corrected chi connectivity index (χ2v) is 15.3. The van der Waals surface area contributed by atoms with E-state index in [9.17, 15) is 0 Å². The fourth-order valence-electron chi connectivity index (χ4n) is 3.98. The van der Waals surface area contributed by atoms with Crippen molar-refractivity contribution in [2.24, 2.45) is 0 Å². The number of thioether (sulfide) groups is 4. The van der Waals surface area contributed by atoms with Gasteiger partial charge in [0.15, 0.2) is 0 Å². The van der Waals surface area contributed by atoms with E-state index < -0.39 is 0 Å². The van der Waals surface area contributed by atoms with E-state index in [1.807, 2.05) is 47.3 Å². The average molecular weight is 584 g/mol. The van der Waals surface area contributed by atoms with Crippen molar-refractivity contribution in [1.29, 1.82) is 0 Å². The maximum absolute atomic E-state index is 4.13. The highest BCUT2D eigenvalue weighted by Crippen LogP contribution is 2.58. The van der Waals surface area contributed by atoms with E-state index in [0.29, 0.717) is 0 Å². The Morgan fingerprint density at radius 2 is 1.22 bits per heavy atom. The number of unbranched alkanes of at least 4 members (excludes halogenated alkanes) is 6. The first-order chi connectivity index (χ1) is 18.3. The van der Waals surface area contributed by atoms with Gasteiger partial charge in [0.2, 0.25) is 0 Å². The number of pyridine rings is 1. The lowest BCUT2D eigenvalue weighted by Gasteiger charge is -2.05. The van der Waals surface area contributed by atoms with Gasteiger partial charge < -0.3 is 0 Å². The molecule has 4 rings (SSSR count). The van der Waals surface area contributed by atoms with Crippen LogP contribution in [0.5, 0.6) is 0 Å². The van der Waals surface area contributed by atoms with Crippen LogP contribution in [0.1, 0.15) is 70.1 Å². The molecule has 3 aromatic rings. The van der Waals surface area contributed by atoms with Crippen LogP contribution < -0.4 is 0 Å². The highest BCUT2D eigenvalue weighted by atomic mass is 32.3. The molecule has 0 spiro atoms. The molecule has 0 saturated heterocycles. The first kappa shape index (κ1) is 28.9. The summed E-state index contributed by atoms with van der Waals surface area (Å²) in [5.74, 6) is 2.49. The molecule has 0 N–H and O–H groups in total. The molecule has 1 aliphatic rings. The third-order valence-corrected chi connectivity index (χ3v) is 12.7. The molecule has 0 radical (unpaired) electrons. The molecule has 0 amide bonds. The van der Waals surface area contributed by atoms with Crippen LogP contribution >= 0.6 is 58.4 Å². The number of hydrogen-bond acceptors (Lipinski definition) is 6. The summed E-state index contributed by atoms with van der Waals surface area (Å²) in [6.45, 7) is 4.58. The Balaban J connectivity index is 1.38. The van der Waals surface area contributed by atoms with Crippen molar-refractivity contribution in [3.8, 4) is 21.6 Å². The Morgan fingerprint density at radius 3 is 1.81 bits per heavy atom. The SMILES string of the molecule is CCCCCCSC1=C(SCCCCCC)SC(=Cc2ccc(-c3ccc(-c4ccncc4)cc3)s2)S1. The van der Waals surface area contributed by atoms with Crippen molar-refractivity contribution in [3.63, 3.8) is 0 Å². The highest BCUT2D eigenvalue weighted by Gasteiger charge is 2.22. The van der Waals surface area contributed by atoms with Gasteiger partial charge >= 0.3 is 0 Å². The van der Waals surface area contributed by atoms with Gasteiger partial charge in [-0.15, -0.1) is 34.9 Å². The minimum atomic E-state index is 1.21. The third-order valence-electron chi connectivity index (χ3n) is 6.09. The first-order valence-corrected chi connectivity index (χ1v) is 17.9. The van der Waals surface area contributed by atoms with Gasteiger partial charge in [0.05, 0.1) is 12.7 Å². The molecule has 0 saturated carbocycles. The van der Waals surface area contributed by atoms with Crippen LogP contribution in [0.3, 0.4) is 0 Å². The fourth-order valence-corrected chi connectivity index (χ4v) is 11.0. The normalized spacial score (nSPS) is 13.5. The fraction of sp³-hybridized carbons (Fsp3) is 0.387. The number of nitrogens with zero attached hydrogens (tertiary/aromatic N) is 1. The zero-order valence-electron chi connectivity index (χ0n) is 21.9. The molecule has 0 aliphatic carbocycles. The molecule has 1 aromatic carbocycles. The maximum atomic E-state index is 4.13. The number of aromatic nitrogens is 1. The van der Waals surface area contributed by atoms with E-state index in [4.69, 9.17) is 0 Å². The number of benzene rings is 1. The van der Waals surface area contributed by atoms with Gasteiger partial charge in [-0.1, -0.05) is 100 Å². The van der Waals surface area contributed by atoms with E-state index >= 15 is 0 Å². The summed E-state index contributed by atoms with van der Waals surface area (Å²) >= 11 is 10.1. The van der Waals surface area contributed by atoms with Crippen LogP contribution in [0.2, 0.25) is 0 Å². The van der Waals surface area contributed by atoms with Crippen LogP contribution in [0, 0.1) is 0 Å². The van der Waals surface area contributed by atoms with Crippen LogP contribution in [0.25, 0.3) is 27.6 Å². The summed E-state index contributed by atoms with van der Waals surface area (Å²) in [6.07, 6.45) is 16.8. The predicted octanol–water partition coefficient (Wildman–Crippen LogP) is 12.0. The van der Waals surface area contributed by atoms with E-state index in [0.717, 1.165) is 0 Å². The van der Waals surface area contributed by atoms with Crippen molar-refractivity contribution < 1.29 is 0 Å². The Kier molecular flexibility index (Phi) is 12.6. The molecule has 0 bridgehead atoms. The van der Waals surface area contributed by atoms with Crippen molar-refractivity contribution in [1.82, 2.24) is 4.98 Å². The van der Waals surface area contributed by atoms with Crippen LogP contribution in [-0.2, 0) is 0 Å². The molecule has 1 nitrogen and oxygen atoms in total. The Morgan fingerprint density at radius 1 is 0.649 bits per heavy atom. The summed E-state index contributed by atoms with van der Waals surface area (Å²) in [7, 11) is 0. The summed E-state index contributed by atoms with van der Waals surface area (Å²) in [4.78, 5) is 6.79. The molecule has 1 aliphatic heterocycles. The van der Waals surface area contributed by atoms with Crippen LogP contribution in [0.15, 0.2) is 73.6 Å². The maximum Gasteiger partial charge on any atom is 0.0659 e. The molecule has 2 aromatic heterocycles. The van der Waals surface area contributed by atoms with Gasteiger partial charge in [-0.05, 0) is 71.4 Å². The van der Waals surface area contributed by atoms with Gasteiger partial charge in [0.1, 0.15) is 0 Å². The zero-order chi connectivity index (χ0) is 25.7. The summed E-state index contributed by atoms with van der Waals surface area (Å²) < 4.78 is 4.50. The number of hydrogen-bond donors (Lipinski definition) is 0. The van der Waals surface area contributed by atoms with E-state index in [1.54, 1.807) is 0 Å². The Bertz CT molecular complexity index is 1120. The smallest absolute Gasteiger partial charge is 0.0659 e. The van der Waals surface area contributed by atoms with Crippen molar-refractivity contribution in [2.45, 2.75) is 65.2 Å². The minimum absolute atomic E-state index is 1.21. The van der Waals surface area contributed by atoms with Crippen LogP contribution in [-0.4, -0.2) is 16.5 Å². The molecule has 37 heavy (non-hydrogen) atoms.